The Kier molecular flexibility index (Phi) is 8.24. The van der Waals surface area contributed by atoms with E-state index in [0.29, 0.717) is 6.42 Å². The lowest BCUT2D eigenvalue weighted by Crippen LogP contribution is -2.33. The number of benzene rings is 1. The van der Waals surface area contributed by atoms with Gasteiger partial charge in [0.2, 0.25) is 5.91 Å². The van der Waals surface area contributed by atoms with Crippen LogP contribution in [0.5, 0.6) is 0 Å². The van der Waals surface area contributed by atoms with Crippen molar-refractivity contribution in [2.45, 2.75) is 25.8 Å². The van der Waals surface area contributed by atoms with Gasteiger partial charge in [-0.3, -0.25) is 4.79 Å². The minimum Gasteiger partial charge on any atom is -0.345 e. The van der Waals surface area contributed by atoms with E-state index in [2.05, 4.69) is 28.1 Å². The molecule has 102 valence electrons. The zero-order valence-corrected chi connectivity index (χ0v) is 13.1. The molecule has 0 spiro atoms. The second-order valence-corrected chi connectivity index (χ2v) is 5.29. The van der Waals surface area contributed by atoms with Crippen molar-refractivity contribution < 1.29 is 4.79 Å². The summed E-state index contributed by atoms with van der Waals surface area (Å²) in [5, 5.41) is 0. The van der Waals surface area contributed by atoms with Crippen molar-refractivity contribution in [1.29, 1.82) is 0 Å². The van der Waals surface area contributed by atoms with Gasteiger partial charge in [-0.15, -0.1) is 12.4 Å². The van der Waals surface area contributed by atoms with Gasteiger partial charge in [-0.05, 0) is 31.0 Å². The van der Waals surface area contributed by atoms with E-state index < -0.39 is 0 Å². The van der Waals surface area contributed by atoms with E-state index in [-0.39, 0.29) is 24.4 Å². The summed E-state index contributed by atoms with van der Waals surface area (Å²) in [4.78, 5) is 13.4. The lowest BCUT2D eigenvalue weighted by molar-refractivity contribution is -0.130. The molecule has 0 heterocycles. The molecule has 3 nitrogen and oxygen atoms in total. The van der Waals surface area contributed by atoms with Gasteiger partial charge in [-0.25, -0.2) is 0 Å². The molecule has 0 saturated carbocycles. The van der Waals surface area contributed by atoms with Gasteiger partial charge < -0.3 is 10.6 Å². The second-order valence-electron chi connectivity index (χ2n) is 4.37. The molecule has 0 bridgehead atoms. The van der Waals surface area contributed by atoms with Gasteiger partial charge in [0, 0.05) is 30.5 Å². The van der Waals surface area contributed by atoms with Crippen molar-refractivity contribution in [3.05, 3.63) is 34.3 Å². The Balaban J connectivity index is 0.00000289. The smallest absolute Gasteiger partial charge is 0.223 e. The van der Waals surface area contributed by atoms with Gasteiger partial charge in [0.25, 0.3) is 0 Å². The van der Waals surface area contributed by atoms with Gasteiger partial charge in [-0.1, -0.05) is 28.1 Å². The number of carbonyl (C=O) groups excluding carboxylic acids is 1. The molecule has 1 aromatic carbocycles. The number of rotatable bonds is 5. The van der Waals surface area contributed by atoms with Gasteiger partial charge in [0.05, 0.1) is 0 Å². The molecule has 0 aromatic heterocycles. The molecule has 0 aliphatic rings. The first-order valence-corrected chi connectivity index (χ1v) is 6.52. The summed E-state index contributed by atoms with van der Waals surface area (Å²) in [7, 11) is 1.82. The number of amides is 1. The highest BCUT2D eigenvalue weighted by molar-refractivity contribution is 9.10. The molecule has 1 unspecified atom stereocenters. The van der Waals surface area contributed by atoms with Gasteiger partial charge in [0.15, 0.2) is 0 Å². The Morgan fingerprint density at radius 2 is 1.94 bits per heavy atom. The van der Waals surface area contributed by atoms with E-state index in [1.54, 1.807) is 4.90 Å². The monoisotopic (exact) mass is 334 g/mol. The average molecular weight is 336 g/mol. The van der Waals surface area contributed by atoms with Crippen LogP contribution in [0.3, 0.4) is 0 Å². The number of nitrogens with zero attached hydrogens (tertiary/aromatic N) is 1. The number of carbonyl (C=O) groups is 1. The van der Waals surface area contributed by atoms with Crippen LogP contribution in [0.25, 0.3) is 0 Å². The molecule has 1 amide bonds. The van der Waals surface area contributed by atoms with Crippen molar-refractivity contribution in [3.63, 3.8) is 0 Å². The number of hydrogen-bond donors (Lipinski definition) is 1. The van der Waals surface area contributed by atoms with Gasteiger partial charge >= 0.3 is 0 Å². The minimum atomic E-state index is -0.0716. The van der Waals surface area contributed by atoms with E-state index in [9.17, 15) is 4.79 Å². The third kappa shape index (κ3) is 6.38. The van der Waals surface area contributed by atoms with Crippen molar-refractivity contribution in [2.24, 2.45) is 5.73 Å². The first-order chi connectivity index (χ1) is 7.99. The average Bonchev–Trinajstić information content (AvgIpc) is 2.27. The molecular formula is C13H20BrClN2O. The normalized spacial score (nSPS) is 11.6. The molecule has 1 atom stereocenters. The molecule has 0 aliphatic carbocycles. The van der Waals surface area contributed by atoms with Crippen LogP contribution in [0.1, 0.15) is 18.9 Å². The van der Waals surface area contributed by atoms with Crippen LogP contribution in [0.4, 0.5) is 0 Å². The number of likely N-dealkylation sites (N-methyl/N-ethyl adjacent to an activating group) is 1. The van der Waals surface area contributed by atoms with Crippen molar-refractivity contribution in [2.75, 3.05) is 13.6 Å². The predicted octanol–water partition coefficient (Wildman–Crippen LogP) is 2.61. The summed E-state index contributed by atoms with van der Waals surface area (Å²) in [5.41, 5.74) is 6.83. The molecule has 18 heavy (non-hydrogen) atoms. The molecule has 0 aliphatic heterocycles. The SMILES string of the molecule is CC(N)CC(=O)N(C)CCc1ccc(Br)cc1.Cl. The summed E-state index contributed by atoms with van der Waals surface area (Å²) < 4.78 is 1.07. The standard InChI is InChI=1S/C13H19BrN2O.ClH/c1-10(15)9-13(17)16(2)8-7-11-3-5-12(14)6-4-11;/h3-6,10H,7-9,15H2,1-2H3;1H. The second kappa shape index (κ2) is 8.51. The highest BCUT2D eigenvalue weighted by atomic mass is 79.9. The van der Waals surface area contributed by atoms with E-state index >= 15 is 0 Å². The largest absolute Gasteiger partial charge is 0.345 e. The number of nitrogens with two attached hydrogens (primary N) is 1. The molecule has 0 saturated heterocycles. The maximum absolute atomic E-state index is 11.7. The van der Waals surface area contributed by atoms with E-state index in [1.807, 2.05) is 26.1 Å². The number of halogens is 2. The zero-order chi connectivity index (χ0) is 12.8. The maximum atomic E-state index is 11.7. The Morgan fingerprint density at radius 1 is 1.39 bits per heavy atom. The molecule has 2 N–H and O–H groups in total. The quantitative estimate of drug-likeness (QED) is 0.899. The van der Waals surface area contributed by atoms with E-state index in [0.717, 1.165) is 17.4 Å². The predicted molar refractivity (Wildman–Crippen MR) is 81.0 cm³/mol. The zero-order valence-electron chi connectivity index (χ0n) is 10.7. The molecule has 1 rings (SSSR count). The lowest BCUT2D eigenvalue weighted by atomic mass is 10.1. The van der Waals surface area contributed by atoms with Crippen molar-refractivity contribution >= 4 is 34.2 Å². The maximum Gasteiger partial charge on any atom is 0.223 e. The van der Waals surface area contributed by atoms with Gasteiger partial charge in [-0.2, -0.15) is 0 Å². The Morgan fingerprint density at radius 3 is 2.44 bits per heavy atom. The summed E-state index contributed by atoms with van der Waals surface area (Å²) in [5.74, 6) is 0.108. The summed E-state index contributed by atoms with van der Waals surface area (Å²) >= 11 is 3.40. The number of hydrogen-bond acceptors (Lipinski definition) is 2. The van der Waals surface area contributed by atoms with Crippen LogP contribution in [-0.2, 0) is 11.2 Å². The van der Waals surface area contributed by atoms with Gasteiger partial charge in [0.1, 0.15) is 0 Å². The minimum absolute atomic E-state index is 0. The molecule has 1 aromatic rings. The molecule has 5 heteroatoms. The summed E-state index contributed by atoms with van der Waals surface area (Å²) in [6.07, 6.45) is 1.28. The lowest BCUT2D eigenvalue weighted by Gasteiger charge is -2.18. The molecule has 0 fully saturated rings. The van der Waals surface area contributed by atoms with E-state index in [4.69, 9.17) is 5.73 Å². The van der Waals surface area contributed by atoms with Crippen LogP contribution in [0.15, 0.2) is 28.7 Å². The first kappa shape index (κ1) is 17.4. The van der Waals surface area contributed by atoms with Crippen LogP contribution in [0.2, 0.25) is 0 Å². The van der Waals surface area contributed by atoms with Crippen LogP contribution < -0.4 is 5.73 Å². The summed E-state index contributed by atoms with van der Waals surface area (Å²) in [6.45, 7) is 2.58. The molecular weight excluding hydrogens is 316 g/mol. The van der Waals surface area contributed by atoms with Crippen LogP contribution >= 0.6 is 28.3 Å². The molecule has 0 radical (unpaired) electrons. The van der Waals surface area contributed by atoms with Crippen molar-refractivity contribution in [3.8, 4) is 0 Å². The fraction of sp³-hybridized carbons (Fsp3) is 0.462. The third-order valence-corrected chi connectivity index (χ3v) is 3.10. The first-order valence-electron chi connectivity index (χ1n) is 5.73. The Hall–Kier alpha value is -0.580. The Bertz CT molecular complexity index is 368. The highest BCUT2D eigenvalue weighted by Crippen LogP contribution is 2.11. The van der Waals surface area contributed by atoms with Crippen LogP contribution in [0, 0.1) is 0 Å². The third-order valence-electron chi connectivity index (χ3n) is 2.57. The highest BCUT2D eigenvalue weighted by Gasteiger charge is 2.10. The fourth-order valence-electron chi connectivity index (χ4n) is 1.50. The fourth-order valence-corrected chi connectivity index (χ4v) is 1.77. The van der Waals surface area contributed by atoms with E-state index in [1.165, 1.54) is 5.56 Å². The van der Waals surface area contributed by atoms with Crippen molar-refractivity contribution in [1.82, 2.24) is 4.90 Å². The van der Waals surface area contributed by atoms with Crippen LogP contribution in [-0.4, -0.2) is 30.4 Å². The topological polar surface area (TPSA) is 46.3 Å². The Labute approximate surface area is 123 Å². The summed E-state index contributed by atoms with van der Waals surface area (Å²) in [6, 6.07) is 8.08.